The summed E-state index contributed by atoms with van der Waals surface area (Å²) >= 11 is 0. The van der Waals surface area contributed by atoms with Gasteiger partial charge in [0, 0.05) is 11.6 Å². The maximum atomic E-state index is 11.9. The van der Waals surface area contributed by atoms with E-state index in [-0.39, 0.29) is 6.54 Å². The third-order valence-corrected chi connectivity index (χ3v) is 3.34. The normalized spacial score (nSPS) is 10.6. The number of hydrogen-bond donors (Lipinski definition) is 2. The van der Waals surface area contributed by atoms with Gasteiger partial charge >= 0.3 is 0 Å². The molecule has 0 atom stereocenters. The van der Waals surface area contributed by atoms with Crippen molar-refractivity contribution >= 4 is 22.8 Å². The van der Waals surface area contributed by atoms with Gasteiger partial charge in [-0.1, -0.05) is 30.3 Å². The Morgan fingerprint density at radius 3 is 2.70 bits per heavy atom. The van der Waals surface area contributed by atoms with Crippen LogP contribution in [0.2, 0.25) is 0 Å². The summed E-state index contributed by atoms with van der Waals surface area (Å²) in [6.07, 6.45) is 3.12. The highest BCUT2D eigenvalue weighted by Crippen LogP contribution is 2.14. The Bertz CT molecular complexity index is 857. The molecule has 0 spiro atoms. The Hall–Kier alpha value is -3.22. The van der Waals surface area contributed by atoms with Crippen LogP contribution in [0.25, 0.3) is 11.0 Å². The number of rotatable bonds is 5. The maximum Gasteiger partial charge on any atom is 0.253 e. The number of amides is 2. The topological polar surface area (TPSA) is 103 Å². The SMILES string of the molecule is NC(=O)CNC(=O)c1cnc2c(cnn2Cc2ccccc2)c1. The van der Waals surface area contributed by atoms with E-state index in [0.717, 1.165) is 10.9 Å². The Labute approximate surface area is 132 Å². The van der Waals surface area contributed by atoms with Gasteiger partial charge in [-0.3, -0.25) is 9.59 Å². The van der Waals surface area contributed by atoms with Crippen LogP contribution in [0.3, 0.4) is 0 Å². The molecule has 0 radical (unpaired) electrons. The van der Waals surface area contributed by atoms with E-state index in [1.165, 1.54) is 6.20 Å². The number of benzene rings is 1. The second-order valence-electron chi connectivity index (χ2n) is 5.07. The average Bonchev–Trinajstić information content (AvgIpc) is 2.96. The first-order valence-corrected chi connectivity index (χ1v) is 7.05. The summed E-state index contributed by atoms with van der Waals surface area (Å²) < 4.78 is 1.77. The van der Waals surface area contributed by atoms with Crippen LogP contribution in [0.15, 0.2) is 48.8 Å². The molecule has 7 nitrogen and oxygen atoms in total. The zero-order valence-corrected chi connectivity index (χ0v) is 12.3. The monoisotopic (exact) mass is 309 g/mol. The van der Waals surface area contributed by atoms with Gasteiger partial charge in [-0.2, -0.15) is 5.10 Å². The molecule has 2 amide bonds. The van der Waals surface area contributed by atoms with Crippen LogP contribution in [0.5, 0.6) is 0 Å². The minimum atomic E-state index is -0.594. The molecule has 0 bridgehead atoms. The van der Waals surface area contributed by atoms with Gasteiger partial charge in [0.05, 0.1) is 24.8 Å². The molecule has 0 aliphatic heterocycles. The fourth-order valence-electron chi connectivity index (χ4n) is 2.24. The first kappa shape index (κ1) is 14.7. The van der Waals surface area contributed by atoms with Crippen molar-refractivity contribution in [3.63, 3.8) is 0 Å². The van der Waals surface area contributed by atoms with Crippen LogP contribution in [-0.2, 0) is 11.3 Å². The number of pyridine rings is 1. The molecule has 0 aliphatic rings. The van der Waals surface area contributed by atoms with Crippen LogP contribution < -0.4 is 11.1 Å². The number of nitrogens with one attached hydrogen (secondary N) is 1. The lowest BCUT2D eigenvalue weighted by atomic mass is 10.2. The van der Waals surface area contributed by atoms with Gasteiger partial charge in [-0.25, -0.2) is 9.67 Å². The predicted molar refractivity (Wildman–Crippen MR) is 84.6 cm³/mol. The molecule has 0 saturated carbocycles. The minimum Gasteiger partial charge on any atom is -0.368 e. The zero-order chi connectivity index (χ0) is 16.2. The fraction of sp³-hybridized carbons (Fsp3) is 0.125. The van der Waals surface area contributed by atoms with Crippen LogP contribution in [0.1, 0.15) is 15.9 Å². The molecular weight excluding hydrogens is 294 g/mol. The number of nitrogens with two attached hydrogens (primary N) is 1. The molecule has 7 heteroatoms. The number of carbonyl (C=O) groups excluding carboxylic acids is 2. The van der Waals surface area contributed by atoms with E-state index in [4.69, 9.17) is 5.73 Å². The molecule has 23 heavy (non-hydrogen) atoms. The van der Waals surface area contributed by atoms with Crippen molar-refractivity contribution in [3.8, 4) is 0 Å². The number of carbonyl (C=O) groups is 2. The molecule has 0 aliphatic carbocycles. The standard InChI is InChI=1S/C16H15N5O2/c17-14(22)9-19-16(23)13-6-12-8-20-21(15(12)18-7-13)10-11-4-2-1-3-5-11/h1-8H,9-10H2,(H2,17,22)(H,19,23). The third kappa shape index (κ3) is 3.34. The van der Waals surface area contributed by atoms with E-state index >= 15 is 0 Å². The van der Waals surface area contributed by atoms with Crippen LogP contribution in [0, 0.1) is 0 Å². The summed E-state index contributed by atoms with van der Waals surface area (Å²) in [6.45, 7) is 0.398. The Morgan fingerprint density at radius 1 is 1.17 bits per heavy atom. The highest BCUT2D eigenvalue weighted by Gasteiger charge is 2.11. The molecule has 0 saturated heterocycles. The van der Waals surface area contributed by atoms with E-state index in [0.29, 0.717) is 17.8 Å². The summed E-state index contributed by atoms with van der Waals surface area (Å²) in [6, 6.07) is 11.6. The van der Waals surface area contributed by atoms with E-state index in [1.807, 2.05) is 30.3 Å². The van der Waals surface area contributed by atoms with Crippen molar-refractivity contribution in [2.24, 2.45) is 5.73 Å². The third-order valence-electron chi connectivity index (χ3n) is 3.34. The van der Waals surface area contributed by atoms with Crippen molar-refractivity contribution < 1.29 is 9.59 Å². The van der Waals surface area contributed by atoms with Gasteiger partial charge in [-0.05, 0) is 11.6 Å². The molecule has 0 unspecified atom stereocenters. The second kappa shape index (κ2) is 6.27. The maximum absolute atomic E-state index is 11.9. The van der Waals surface area contributed by atoms with Crippen molar-refractivity contribution in [1.82, 2.24) is 20.1 Å². The van der Waals surface area contributed by atoms with E-state index in [9.17, 15) is 9.59 Å². The van der Waals surface area contributed by atoms with Gasteiger partial charge in [-0.15, -0.1) is 0 Å². The smallest absolute Gasteiger partial charge is 0.253 e. The van der Waals surface area contributed by atoms with Crippen molar-refractivity contribution in [3.05, 3.63) is 59.9 Å². The first-order valence-electron chi connectivity index (χ1n) is 7.05. The lowest BCUT2D eigenvalue weighted by Gasteiger charge is -2.05. The number of nitrogens with zero attached hydrogens (tertiary/aromatic N) is 3. The van der Waals surface area contributed by atoms with Crippen molar-refractivity contribution in [2.45, 2.75) is 6.54 Å². The molecule has 3 aromatic rings. The molecule has 2 aromatic heterocycles. The van der Waals surface area contributed by atoms with Gasteiger partial charge in [0.25, 0.3) is 5.91 Å². The molecule has 3 rings (SSSR count). The van der Waals surface area contributed by atoms with Crippen LogP contribution in [0.4, 0.5) is 0 Å². The molecule has 1 aromatic carbocycles. The number of hydrogen-bond acceptors (Lipinski definition) is 4. The molecule has 116 valence electrons. The summed E-state index contributed by atoms with van der Waals surface area (Å²) in [5, 5.41) is 7.50. The second-order valence-corrected chi connectivity index (χ2v) is 5.07. The Morgan fingerprint density at radius 2 is 1.96 bits per heavy atom. The van der Waals surface area contributed by atoms with Crippen molar-refractivity contribution in [1.29, 1.82) is 0 Å². The lowest BCUT2D eigenvalue weighted by Crippen LogP contribution is -2.33. The highest BCUT2D eigenvalue weighted by molar-refractivity contribution is 5.98. The van der Waals surface area contributed by atoms with Crippen LogP contribution in [-0.4, -0.2) is 33.1 Å². The summed E-state index contributed by atoms with van der Waals surface area (Å²) in [5.74, 6) is -0.989. The quantitative estimate of drug-likeness (QED) is 0.724. The van der Waals surface area contributed by atoms with Gasteiger partial charge in [0.1, 0.15) is 0 Å². The minimum absolute atomic E-state index is 0.204. The average molecular weight is 309 g/mol. The molecule has 2 heterocycles. The lowest BCUT2D eigenvalue weighted by molar-refractivity contribution is -0.117. The summed E-state index contributed by atoms with van der Waals surface area (Å²) in [5.41, 5.74) is 7.17. The fourth-order valence-corrected chi connectivity index (χ4v) is 2.24. The number of fused-ring (bicyclic) bond motifs is 1. The largest absolute Gasteiger partial charge is 0.368 e. The van der Waals surface area contributed by atoms with E-state index in [2.05, 4.69) is 15.4 Å². The van der Waals surface area contributed by atoms with Crippen LogP contribution >= 0.6 is 0 Å². The van der Waals surface area contributed by atoms with E-state index in [1.54, 1.807) is 16.9 Å². The van der Waals surface area contributed by atoms with Gasteiger partial charge in [0.15, 0.2) is 5.65 Å². The van der Waals surface area contributed by atoms with Crippen molar-refractivity contribution in [2.75, 3.05) is 6.54 Å². The first-order chi connectivity index (χ1) is 11.1. The highest BCUT2D eigenvalue weighted by atomic mass is 16.2. The number of primary amides is 1. The molecule has 3 N–H and O–H groups in total. The molecule has 0 fully saturated rings. The zero-order valence-electron chi connectivity index (χ0n) is 12.3. The van der Waals surface area contributed by atoms with Gasteiger partial charge < -0.3 is 11.1 Å². The summed E-state index contributed by atoms with van der Waals surface area (Å²) in [4.78, 5) is 26.9. The Kier molecular flexibility index (Phi) is 4.01. The summed E-state index contributed by atoms with van der Waals surface area (Å²) in [7, 11) is 0. The Balaban J connectivity index is 1.82. The molecular formula is C16H15N5O2. The van der Waals surface area contributed by atoms with E-state index < -0.39 is 11.8 Å². The number of aromatic nitrogens is 3. The predicted octanol–water partition coefficient (Wildman–Crippen LogP) is 0.695. The van der Waals surface area contributed by atoms with Gasteiger partial charge in [0.2, 0.25) is 5.91 Å².